The zero-order valence-corrected chi connectivity index (χ0v) is 11.2. The van der Waals surface area contributed by atoms with E-state index in [-0.39, 0.29) is 16.6 Å². The van der Waals surface area contributed by atoms with E-state index in [4.69, 9.17) is 5.11 Å². The highest BCUT2D eigenvalue weighted by molar-refractivity contribution is 7.93. The smallest absolute Gasteiger partial charge is 0.265 e. The molecule has 0 aliphatic heterocycles. The highest BCUT2D eigenvalue weighted by atomic mass is 32.2. The predicted molar refractivity (Wildman–Crippen MR) is 66.8 cm³/mol. The molecule has 0 aliphatic rings. The lowest BCUT2D eigenvalue weighted by Crippen LogP contribution is -2.11. The van der Waals surface area contributed by atoms with Crippen molar-refractivity contribution in [1.29, 1.82) is 0 Å². The van der Waals surface area contributed by atoms with Gasteiger partial charge in [0.05, 0.1) is 6.61 Å². The van der Waals surface area contributed by atoms with E-state index in [2.05, 4.69) is 19.9 Å². The molecule has 2 aromatic heterocycles. The zero-order chi connectivity index (χ0) is 13.2. The van der Waals surface area contributed by atoms with Gasteiger partial charge in [-0.25, -0.2) is 8.42 Å². The lowest BCUT2D eigenvalue weighted by atomic mass is 10.5. The summed E-state index contributed by atoms with van der Waals surface area (Å²) in [5, 5.41) is 17.4. The second kappa shape index (κ2) is 5.04. The third-order valence-corrected chi connectivity index (χ3v) is 4.62. The van der Waals surface area contributed by atoms with Gasteiger partial charge in [-0.15, -0.1) is 10.2 Å². The minimum absolute atomic E-state index is 0.0554. The van der Waals surface area contributed by atoms with Crippen LogP contribution in [0.25, 0.3) is 0 Å². The van der Waals surface area contributed by atoms with Crippen molar-refractivity contribution in [2.24, 2.45) is 0 Å². The van der Waals surface area contributed by atoms with Crippen LogP contribution in [0.4, 0.5) is 5.13 Å². The summed E-state index contributed by atoms with van der Waals surface area (Å²) in [5.41, 5.74) is 0.432. The van der Waals surface area contributed by atoms with E-state index < -0.39 is 10.0 Å². The molecule has 0 aliphatic carbocycles. The Balaban J connectivity index is 2.21. The Labute approximate surface area is 108 Å². The molecule has 7 nitrogen and oxygen atoms in total. The molecule has 0 aromatic carbocycles. The number of anilines is 1. The highest BCUT2D eigenvalue weighted by Gasteiger charge is 2.18. The van der Waals surface area contributed by atoms with Gasteiger partial charge in [0.1, 0.15) is 9.90 Å². The van der Waals surface area contributed by atoms with E-state index in [9.17, 15) is 8.42 Å². The molecule has 0 fully saturated rings. The number of nitrogens with zero attached hydrogens (tertiary/aromatic N) is 2. The van der Waals surface area contributed by atoms with Crippen LogP contribution in [0.1, 0.15) is 17.6 Å². The van der Waals surface area contributed by atoms with E-state index >= 15 is 0 Å². The van der Waals surface area contributed by atoms with Gasteiger partial charge < -0.3 is 10.1 Å². The van der Waals surface area contributed by atoms with Crippen molar-refractivity contribution in [2.45, 2.75) is 24.8 Å². The number of aromatic amines is 1. The molecule has 0 unspecified atom stereocenters. The maximum Gasteiger partial charge on any atom is 0.265 e. The average Bonchev–Trinajstić information content (AvgIpc) is 2.96. The summed E-state index contributed by atoms with van der Waals surface area (Å²) in [6.45, 7) is 1.67. The molecule has 2 aromatic rings. The average molecular weight is 288 g/mol. The Morgan fingerprint density at radius 2 is 2.28 bits per heavy atom. The van der Waals surface area contributed by atoms with Crippen LogP contribution >= 0.6 is 11.3 Å². The van der Waals surface area contributed by atoms with Crippen molar-refractivity contribution in [3.8, 4) is 0 Å². The van der Waals surface area contributed by atoms with Gasteiger partial charge in [0.15, 0.2) is 0 Å². The summed E-state index contributed by atoms with van der Waals surface area (Å²) in [7, 11) is -3.68. The normalized spacial score (nSPS) is 11.7. The molecule has 0 atom stereocenters. The number of aliphatic hydroxyl groups is 1. The summed E-state index contributed by atoms with van der Waals surface area (Å²) in [6, 6.07) is 1.37. The SMILES string of the molecule is CCc1nnc(NS(=O)(=O)c2c[nH]c(CO)c2)s1. The number of aliphatic hydroxyl groups excluding tert-OH is 1. The lowest BCUT2D eigenvalue weighted by molar-refractivity contribution is 0.277. The van der Waals surface area contributed by atoms with E-state index in [1.807, 2.05) is 6.92 Å². The van der Waals surface area contributed by atoms with Crippen molar-refractivity contribution in [3.05, 3.63) is 23.0 Å². The van der Waals surface area contributed by atoms with Gasteiger partial charge in [-0.2, -0.15) is 0 Å². The maximum absolute atomic E-state index is 12.0. The molecular weight excluding hydrogens is 276 g/mol. The van der Waals surface area contributed by atoms with Crippen LogP contribution in [0.3, 0.4) is 0 Å². The number of hydrogen-bond acceptors (Lipinski definition) is 6. The summed E-state index contributed by atoms with van der Waals surface area (Å²) >= 11 is 1.19. The molecule has 0 saturated carbocycles. The molecular formula is C9H12N4O3S2. The minimum atomic E-state index is -3.68. The Kier molecular flexibility index (Phi) is 3.64. The first-order chi connectivity index (χ1) is 8.55. The van der Waals surface area contributed by atoms with Crippen LogP contribution < -0.4 is 4.72 Å². The van der Waals surface area contributed by atoms with Gasteiger partial charge in [-0.05, 0) is 12.5 Å². The van der Waals surface area contributed by atoms with E-state index in [0.29, 0.717) is 12.1 Å². The van der Waals surface area contributed by atoms with Gasteiger partial charge in [0.2, 0.25) is 5.13 Å². The van der Waals surface area contributed by atoms with E-state index in [1.165, 1.54) is 23.6 Å². The molecule has 3 N–H and O–H groups in total. The van der Waals surface area contributed by atoms with Crippen LogP contribution in [0.15, 0.2) is 17.2 Å². The largest absolute Gasteiger partial charge is 0.390 e. The van der Waals surface area contributed by atoms with Gasteiger partial charge in [-0.3, -0.25) is 4.72 Å². The summed E-state index contributed by atoms with van der Waals surface area (Å²) < 4.78 is 26.3. The van der Waals surface area contributed by atoms with Gasteiger partial charge >= 0.3 is 0 Å². The first kappa shape index (κ1) is 13.0. The van der Waals surface area contributed by atoms with Crippen LogP contribution in [-0.4, -0.2) is 28.7 Å². The van der Waals surface area contributed by atoms with Gasteiger partial charge in [0, 0.05) is 11.9 Å². The summed E-state index contributed by atoms with van der Waals surface area (Å²) in [4.78, 5) is 2.72. The second-order valence-electron chi connectivity index (χ2n) is 3.48. The Bertz CT molecular complexity index is 632. The minimum Gasteiger partial charge on any atom is -0.390 e. The standard InChI is InChI=1S/C9H12N4O3S2/c1-2-8-11-12-9(17-8)13-18(15,16)7-3-6(5-14)10-4-7/h3-4,10,14H,2,5H2,1H3,(H,12,13). The first-order valence-corrected chi connectivity index (χ1v) is 7.48. The Hall–Kier alpha value is -1.45. The van der Waals surface area contributed by atoms with Crippen LogP contribution in [-0.2, 0) is 23.1 Å². The molecule has 18 heavy (non-hydrogen) atoms. The van der Waals surface area contributed by atoms with Crippen LogP contribution in [0.5, 0.6) is 0 Å². The van der Waals surface area contributed by atoms with Crippen molar-refractivity contribution in [3.63, 3.8) is 0 Å². The lowest BCUT2D eigenvalue weighted by Gasteiger charge is -2.00. The Morgan fingerprint density at radius 1 is 1.50 bits per heavy atom. The molecule has 0 saturated heterocycles. The molecule has 0 radical (unpaired) electrons. The van der Waals surface area contributed by atoms with Crippen molar-refractivity contribution >= 4 is 26.5 Å². The number of H-pyrrole nitrogens is 1. The zero-order valence-electron chi connectivity index (χ0n) is 9.54. The topological polar surface area (TPSA) is 108 Å². The predicted octanol–water partition coefficient (Wildman–Crippen LogP) is 0.722. The molecule has 2 heterocycles. The van der Waals surface area contributed by atoms with E-state index in [0.717, 1.165) is 5.01 Å². The Morgan fingerprint density at radius 3 is 2.83 bits per heavy atom. The monoisotopic (exact) mass is 288 g/mol. The van der Waals surface area contributed by atoms with Gasteiger partial charge in [0.25, 0.3) is 10.0 Å². The molecule has 98 valence electrons. The van der Waals surface area contributed by atoms with Crippen LogP contribution in [0.2, 0.25) is 0 Å². The fraction of sp³-hybridized carbons (Fsp3) is 0.333. The fourth-order valence-electron chi connectivity index (χ4n) is 1.28. The second-order valence-corrected chi connectivity index (χ2v) is 6.22. The highest BCUT2D eigenvalue weighted by Crippen LogP contribution is 2.20. The molecule has 0 spiro atoms. The quantitative estimate of drug-likeness (QED) is 0.751. The van der Waals surface area contributed by atoms with E-state index in [1.54, 1.807) is 0 Å². The number of hydrogen-bond donors (Lipinski definition) is 3. The number of rotatable bonds is 5. The molecule has 9 heteroatoms. The van der Waals surface area contributed by atoms with Crippen molar-refractivity contribution < 1.29 is 13.5 Å². The summed E-state index contributed by atoms with van der Waals surface area (Å²) in [6.07, 6.45) is 2.02. The molecule has 0 bridgehead atoms. The number of sulfonamides is 1. The fourth-order valence-corrected chi connectivity index (χ4v) is 3.20. The van der Waals surface area contributed by atoms with Crippen LogP contribution in [0, 0.1) is 0 Å². The molecule has 0 amide bonds. The maximum atomic E-state index is 12.0. The number of nitrogens with one attached hydrogen (secondary N) is 2. The van der Waals surface area contributed by atoms with Crippen molar-refractivity contribution in [1.82, 2.24) is 15.2 Å². The van der Waals surface area contributed by atoms with Gasteiger partial charge in [-0.1, -0.05) is 18.3 Å². The molecule has 2 rings (SSSR count). The summed E-state index contributed by atoms with van der Waals surface area (Å²) in [5.74, 6) is 0. The van der Waals surface area contributed by atoms with Crippen molar-refractivity contribution in [2.75, 3.05) is 4.72 Å². The third-order valence-electron chi connectivity index (χ3n) is 2.19. The number of aryl methyl sites for hydroxylation is 1. The third kappa shape index (κ3) is 2.68. The number of aromatic nitrogens is 3. The first-order valence-electron chi connectivity index (χ1n) is 5.18.